The van der Waals surface area contributed by atoms with Crippen LogP contribution >= 0.6 is 0 Å². The molecule has 1 aliphatic rings. The fraction of sp³-hybridized carbons (Fsp3) is 0.647. The van der Waals surface area contributed by atoms with Crippen LogP contribution in [0.15, 0.2) is 30.3 Å². The van der Waals surface area contributed by atoms with Crippen LogP contribution in [0, 0.1) is 0 Å². The van der Waals surface area contributed by atoms with Gasteiger partial charge in [-0.3, -0.25) is 4.90 Å². The van der Waals surface area contributed by atoms with Gasteiger partial charge in [-0.25, -0.2) is 0 Å². The molecule has 0 radical (unpaired) electrons. The molecule has 0 bridgehead atoms. The Labute approximate surface area is 123 Å². The van der Waals surface area contributed by atoms with Crippen molar-refractivity contribution in [2.75, 3.05) is 33.7 Å². The van der Waals surface area contributed by atoms with Crippen molar-refractivity contribution in [1.29, 1.82) is 0 Å². The van der Waals surface area contributed by atoms with E-state index < -0.39 is 0 Å². The fourth-order valence-electron chi connectivity index (χ4n) is 3.13. The quantitative estimate of drug-likeness (QED) is 0.772. The number of rotatable bonds is 7. The molecular weight excluding hydrogens is 248 g/mol. The van der Waals surface area contributed by atoms with Gasteiger partial charge in [0.1, 0.15) is 0 Å². The minimum Gasteiger partial charge on any atom is -0.392 e. The number of likely N-dealkylation sites (N-methyl/N-ethyl adjacent to an activating group) is 1. The second-order valence-corrected chi connectivity index (χ2v) is 6.24. The minimum absolute atomic E-state index is 0.130. The van der Waals surface area contributed by atoms with E-state index in [0.717, 1.165) is 32.5 Å². The molecule has 1 fully saturated rings. The Morgan fingerprint density at radius 3 is 2.65 bits per heavy atom. The average molecular weight is 276 g/mol. The van der Waals surface area contributed by atoms with Gasteiger partial charge >= 0.3 is 0 Å². The maximum absolute atomic E-state index is 9.86. The Hall–Kier alpha value is -0.900. The van der Waals surface area contributed by atoms with Crippen LogP contribution in [-0.4, -0.2) is 60.8 Å². The van der Waals surface area contributed by atoms with Crippen LogP contribution in [0.4, 0.5) is 0 Å². The van der Waals surface area contributed by atoms with E-state index in [1.54, 1.807) is 0 Å². The summed E-state index contributed by atoms with van der Waals surface area (Å²) in [5.74, 6) is 0. The average Bonchev–Trinajstić information content (AvgIpc) is 2.75. The molecule has 112 valence electrons. The molecule has 2 unspecified atom stereocenters. The van der Waals surface area contributed by atoms with Crippen molar-refractivity contribution >= 4 is 0 Å². The fourth-order valence-corrected chi connectivity index (χ4v) is 3.13. The monoisotopic (exact) mass is 276 g/mol. The van der Waals surface area contributed by atoms with Crippen LogP contribution in [0.25, 0.3) is 0 Å². The van der Waals surface area contributed by atoms with Gasteiger partial charge in [-0.2, -0.15) is 0 Å². The number of aliphatic hydroxyl groups is 1. The SMILES string of the molecule is CN(C)CC1CC(O)CN1CCCCc1ccccc1. The van der Waals surface area contributed by atoms with Crippen LogP contribution in [0.3, 0.4) is 0 Å². The summed E-state index contributed by atoms with van der Waals surface area (Å²) in [5, 5.41) is 9.86. The maximum atomic E-state index is 9.86. The van der Waals surface area contributed by atoms with Crippen LogP contribution < -0.4 is 0 Å². The van der Waals surface area contributed by atoms with Crippen LogP contribution in [0.5, 0.6) is 0 Å². The summed E-state index contributed by atoms with van der Waals surface area (Å²) in [6.07, 6.45) is 4.40. The molecule has 1 N–H and O–H groups in total. The molecule has 1 heterocycles. The molecular formula is C17H28N2O. The lowest BCUT2D eigenvalue weighted by atomic mass is 10.1. The zero-order valence-corrected chi connectivity index (χ0v) is 12.8. The summed E-state index contributed by atoms with van der Waals surface area (Å²) in [4.78, 5) is 4.69. The molecule has 2 rings (SSSR count). The summed E-state index contributed by atoms with van der Waals surface area (Å²) in [5.41, 5.74) is 1.43. The van der Waals surface area contributed by atoms with E-state index in [4.69, 9.17) is 0 Å². The van der Waals surface area contributed by atoms with E-state index in [0.29, 0.717) is 6.04 Å². The first-order valence-electron chi connectivity index (χ1n) is 7.76. The summed E-state index contributed by atoms with van der Waals surface area (Å²) in [6, 6.07) is 11.2. The van der Waals surface area contributed by atoms with E-state index >= 15 is 0 Å². The lowest BCUT2D eigenvalue weighted by Gasteiger charge is -2.26. The third-order valence-corrected chi connectivity index (χ3v) is 4.09. The molecule has 0 aliphatic carbocycles. The highest BCUT2D eigenvalue weighted by Gasteiger charge is 2.30. The van der Waals surface area contributed by atoms with Crippen molar-refractivity contribution in [1.82, 2.24) is 9.80 Å². The molecule has 20 heavy (non-hydrogen) atoms. The van der Waals surface area contributed by atoms with Crippen LogP contribution in [0.1, 0.15) is 24.8 Å². The number of hydrogen-bond acceptors (Lipinski definition) is 3. The van der Waals surface area contributed by atoms with Crippen molar-refractivity contribution in [2.45, 2.75) is 37.8 Å². The van der Waals surface area contributed by atoms with Gasteiger partial charge < -0.3 is 10.0 Å². The first kappa shape index (κ1) is 15.5. The van der Waals surface area contributed by atoms with Gasteiger partial charge in [0.05, 0.1) is 6.10 Å². The number of hydrogen-bond donors (Lipinski definition) is 1. The summed E-state index contributed by atoms with van der Waals surface area (Å²) < 4.78 is 0. The molecule has 1 aromatic carbocycles. The summed E-state index contributed by atoms with van der Waals surface area (Å²) in [6.45, 7) is 3.02. The van der Waals surface area contributed by atoms with Crippen LogP contribution in [-0.2, 0) is 6.42 Å². The zero-order chi connectivity index (χ0) is 14.4. The standard InChI is InChI=1S/C17H28N2O/c1-18(2)13-16-12-17(20)14-19(16)11-7-6-10-15-8-4-3-5-9-15/h3-5,8-9,16-17,20H,6-7,10-14H2,1-2H3. The highest BCUT2D eigenvalue weighted by molar-refractivity contribution is 5.14. The Morgan fingerprint density at radius 2 is 1.95 bits per heavy atom. The van der Waals surface area contributed by atoms with E-state index in [1.807, 2.05) is 0 Å². The van der Waals surface area contributed by atoms with Crippen molar-refractivity contribution in [3.63, 3.8) is 0 Å². The van der Waals surface area contributed by atoms with Crippen molar-refractivity contribution < 1.29 is 5.11 Å². The highest BCUT2D eigenvalue weighted by Crippen LogP contribution is 2.19. The van der Waals surface area contributed by atoms with Gasteiger partial charge in [0, 0.05) is 19.1 Å². The molecule has 1 aliphatic heterocycles. The van der Waals surface area contributed by atoms with Gasteiger partial charge in [0.25, 0.3) is 0 Å². The summed E-state index contributed by atoms with van der Waals surface area (Å²) in [7, 11) is 4.22. The Kier molecular flexibility index (Phi) is 6.02. The smallest absolute Gasteiger partial charge is 0.0682 e. The lowest BCUT2D eigenvalue weighted by molar-refractivity contribution is 0.171. The number of likely N-dealkylation sites (tertiary alicyclic amines) is 1. The Morgan fingerprint density at radius 1 is 1.20 bits per heavy atom. The predicted molar refractivity (Wildman–Crippen MR) is 83.9 cm³/mol. The number of β-amino-alcohol motifs (C(OH)–C–C–N with tert-alkyl or cyclic N) is 1. The highest BCUT2D eigenvalue weighted by atomic mass is 16.3. The van der Waals surface area contributed by atoms with Gasteiger partial charge in [-0.05, 0) is 51.9 Å². The minimum atomic E-state index is -0.130. The van der Waals surface area contributed by atoms with E-state index in [-0.39, 0.29) is 6.10 Å². The predicted octanol–water partition coefficient (Wildman–Crippen LogP) is 2.01. The summed E-state index contributed by atoms with van der Waals surface area (Å²) >= 11 is 0. The van der Waals surface area contributed by atoms with Crippen LogP contribution in [0.2, 0.25) is 0 Å². The van der Waals surface area contributed by atoms with Crippen molar-refractivity contribution in [3.8, 4) is 0 Å². The first-order valence-corrected chi connectivity index (χ1v) is 7.76. The maximum Gasteiger partial charge on any atom is 0.0682 e. The first-order chi connectivity index (χ1) is 9.65. The third kappa shape index (κ3) is 4.89. The lowest BCUT2D eigenvalue weighted by Crippen LogP contribution is -2.38. The van der Waals surface area contributed by atoms with E-state index in [1.165, 1.54) is 18.4 Å². The number of benzene rings is 1. The van der Waals surface area contributed by atoms with Crippen molar-refractivity contribution in [2.24, 2.45) is 0 Å². The second kappa shape index (κ2) is 7.77. The Bertz CT molecular complexity index is 380. The molecule has 2 atom stereocenters. The number of aliphatic hydroxyl groups excluding tert-OH is 1. The molecule has 3 heteroatoms. The Balaban J connectivity index is 1.70. The van der Waals surface area contributed by atoms with Gasteiger partial charge in [-0.1, -0.05) is 30.3 Å². The largest absolute Gasteiger partial charge is 0.392 e. The molecule has 3 nitrogen and oxygen atoms in total. The van der Waals surface area contributed by atoms with Crippen molar-refractivity contribution in [3.05, 3.63) is 35.9 Å². The van der Waals surface area contributed by atoms with Gasteiger partial charge in [0.15, 0.2) is 0 Å². The molecule has 1 saturated heterocycles. The molecule has 0 spiro atoms. The topological polar surface area (TPSA) is 26.7 Å². The second-order valence-electron chi connectivity index (χ2n) is 6.24. The molecule has 0 amide bonds. The van der Waals surface area contributed by atoms with E-state index in [9.17, 15) is 5.11 Å². The number of aryl methyl sites for hydroxylation is 1. The molecule has 1 aromatic rings. The van der Waals surface area contributed by atoms with Gasteiger partial charge in [0.2, 0.25) is 0 Å². The zero-order valence-electron chi connectivity index (χ0n) is 12.8. The van der Waals surface area contributed by atoms with Gasteiger partial charge in [-0.15, -0.1) is 0 Å². The molecule has 0 saturated carbocycles. The number of unbranched alkanes of at least 4 members (excludes halogenated alkanes) is 1. The molecule has 0 aromatic heterocycles. The third-order valence-electron chi connectivity index (χ3n) is 4.09. The normalized spacial score (nSPS) is 23.6. The number of nitrogens with zero attached hydrogens (tertiary/aromatic N) is 2. The van der Waals surface area contributed by atoms with E-state index in [2.05, 4.69) is 54.2 Å².